The standard InChI is InChI=1S/C11H16N2O2/c1-15-7-6-13-11(14)8-9-2-4-10(12)5-3-9/h2-5H,6-8,12H2,1H3,(H,13,14). The summed E-state index contributed by atoms with van der Waals surface area (Å²) in [5.41, 5.74) is 7.20. The Morgan fingerprint density at radius 2 is 2.07 bits per heavy atom. The summed E-state index contributed by atoms with van der Waals surface area (Å²) in [6.07, 6.45) is 0.379. The number of carbonyl (C=O) groups is 1. The number of rotatable bonds is 5. The lowest BCUT2D eigenvalue weighted by atomic mass is 10.1. The van der Waals surface area contributed by atoms with Crippen LogP contribution < -0.4 is 11.1 Å². The molecule has 0 saturated heterocycles. The first-order valence-corrected chi connectivity index (χ1v) is 4.82. The summed E-state index contributed by atoms with van der Waals surface area (Å²) < 4.78 is 4.83. The predicted octanol–water partition coefficient (Wildman–Crippen LogP) is 0.574. The van der Waals surface area contributed by atoms with Gasteiger partial charge in [-0.1, -0.05) is 12.1 Å². The second-order valence-corrected chi connectivity index (χ2v) is 3.26. The number of nitrogen functional groups attached to an aromatic ring is 1. The third-order valence-corrected chi connectivity index (χ3v) is 1.97. The molecule has 1 rings (SSSR count). The van der Waals surface area contributed by atoms with Crippen LogP contribution in [0.2, 0.25) is 0 Å². The van der Waals surface area contributed by atoms with E-state index in [0.717, 1.165) is 5.56 Å². The van der Waals surface area contributed by atoms with Gasteiger partial charge in [0.25, 0.3) is 0 Å². The van der Waals surface area contributed by atoms with E-state index in [1.807, 2.05) is 12.1 Å². The van der Waals surface area contributed by atoms with Crippen molar-refractivity contribution in [3.63, 3.8) is 0 Å². The average molecular weight is 208 g/mol. The highest BCUT2D eigenvalue weighted by atomic mass is 16.5. The minimum atomic E-state index is -0.00294. The minimum Gasteiger partial charge on any atom is -0.399 e. The summed E-state index contributed by atoms with van der Waals surface area (Å²) in [5, 5.41) is 2.75. The van der Waals surface area contributed by atoms with E-state index >= 15 is 0 Å². The maximum absolute atomic E-state index is 11.4. The number of nitrogens with two attached hydrogens (primary N) is 1. The van der Waals surface area contributed by atoms with Crippen molar-refractivity contribution < 1.29 is 9.53 Å². The fraction of sp³-hybridized carbons (Fsp3) is 0.364. The number of anilines is 1. The van der Waals surface area contributed by atoms with Gasteiger partial charge >= 0.3 is 0 Å². The minimum absolute atomic E-state index is 0.00294. The molecule has 0 saturated carbocycles. The molecule has 15 heavy (non-hydrogen) atoms. The molecule has 1 aromatic carbocycles. The summed E-state index contributed by atoms with van der Waals surface area (Å²) in [7, 11) is 1.60. The Kier molecular flexibility index (Phi) is 4.63. The first-order chi connectivity index (χ1) is 7.22. The van der Waals surface area contributed by atoms with Crippen molar-refractivity contribution in [2.45, 2.75) is 6.42 Å². The highest BCUT2D eigenvalue weighted by molar-refractivity contribution is 5.78. The molecular weight excluding hydrogens is 192 g/mol. The largest absolute Gasteiger partial charge is 0.399 e. The number of nitrogens with one attached hydrogen (secondary N) is 1. The van der Waals surface area contributed by atoms with Gasteiger partial charge in [-0.3, -0.25) is 4.79 Å². The molecule has 0 aliphatic rings. The fourth-order valence-corrected chi connectivity index (χ4v) is 1.18. The molecule has 0 bridgehead atoms. The van der Waals surface area contributed by atoms with Crippen LogP contribution in [0.5, 0.6) is 0 Å². The van der Waals surface area contributed by atoms with Crippen LogP contribution >= 0.6 is 0 Å². The molecule has 4 nitrogen and oxygen atoms in total. The monoisotopic (exact) mass is 208 g/mol. The number of benzene rings is 1. The van der Waals surface area contributed by atoms with E-state index < -0.39 is 0 Å². The molecular formula is C11H16N2O2. The Hall–Kier alpha value is -1.55. The van der Waals surface area contributed by atoms with E-state index in [9.17, 15) is 4.79 Å². The molecule has 0 aliphatic heterocycles. The number of amides is 1. The Bertz CT molecular complexity index is 309. The SMILES string of the molecule is COCCNC(=O)Cc1ccc(N)cc1. The van der Waals surface area contributed by atoms with E-state index in [2.05, 4.69) is 5.32 Å². The molecule has 0 radical (unpaired) electrons. The van der Waals surface area contributed by atoms with E-state index in [4.69, 9.17) is 10.5 Å². The van der Waals surface area contributed by atoms with E-state index in [0.29, 0.717) is 25.3 Å². The van der Waals surface area contributed by atoms with Gasteiger partial charge in [0.15, 0.2) is 0 Å². The maximum atomic E-state index is 11.4. The lowest BCUT2D eigenvalue weighted by Crippen LogP contribution is -2.28. The topological polar surface area (TPSA) is 64.3 Å². The van der Waals surface area contributed by atoms with Crippen molar-refractivity contribution in [2.75, 3.05) is 26.0 Å². The number of hydrogen-bond acceptors (Lipinski definition) is 3. The second kappa shape index (κ2) is 6.03. The molecule has 0 atom stereocenters. The fourth-order valence-electron chi connectivity index (χ4n) is 1.18. The zero-order valence-electron chi connectivity index (χ0n) is 8.82. The molecule has 0 aliphatic carbocycles. The van der Waals surface area contributed by atoms with E-state index in [-0.39, 0.29) is 5.91 Å². The highest BCUT2D eigenvalue weighted by Gasteiger charge is 2.01. The lowest BCUT2D eigenvalue weighted by Gasteiger charge is -2.04. The summed E-state index contributed by atoms with van der Waals surface area (Å²) in [6.45, 7) is 1.08. The third kappa shape index (κ3) is 4.46. The average Bonchev–Trinajstić information content (AvgIpc) is 2.22. The van der Waals surface area contributed by atoms with Crippen molar-refractivity contribution in [2.24, 2.45) is 0 Å². The smallest absolute Gasteiger partial charge is 0.224 e. The van der Waals surface area contributed by atoms with Crippen LogP contribution in [-0.2, 0) is 16.0 Å². The number of hydrogen-bond donors (Lipinski definition) is 2. The van der Waals surface area contributed by atoms with Crippen molar-refractivity contribution in [1.82, 2.24) is 5.32 Å². The van der Waals surface area contributed by atoms with Crippen LogP contribution in [0, 0.1) is 0 Å². The van der Waals surface area contributed by atoms with Crippen molar-refractivity contribution in [1.29, 1.82) is 0 Å². The van der Waals surface area contributed by atoms with Crippen LogP contribution in [0.4, 0.5) is 5.69 Å². The molecule has 1 aromatic rings. The normalized spacial score (nSPS) is 9.93. The zero-order valence-corrected chi connectivity index (χ0v) is 8.82. The van der Waals surface area contributed by atoms with E-state index in [1.165, 1.54) is 0 Å². The van der Waals surface area contributed by atoms with Crippen LogP contribution in [0.3, 0.4) is 0 Å². The van der Waals surface area contributed by atoms with Crippen molar-refractivity contribution in [3.8, 4) is 0 Å². The van der Waals surface area contributed by atoms with Crippen molar-refractivity contribution in [3.05, 3.63) is 29.8 Å². The Morgan fingerprint density at radius 1 is 1.40 bits per heavy atom. The Labute approximate surface area is 89.4 Å². The van der Waals surface area contributed by atoms with Gasteiger partial charge in [0.05, 0.1) is 13.0 Å². The van der Waals surface area contributed by atoms with E-state index in [1.54, 1.807) is 19.2 Å². The van der Waals surface area contributed by atoms with Gasteiger partial charge in [-0.25, -0.2) is 0 Å². The molecule has 0 spiro atoms. The quantitative estimate of drug-likeness (QED) is 0.549. The maximum Gasteiger partial charge on any atom is 0.224 e. The summed E-state index contributed by atoms with van der Waals surface area (Å²) in [4.78, 5) is 11.4. The highest BCUT2D eigenvalue weighted by Crippen LogP contribution is 2.05. The van der Waals surface area contributed by atoms with Crippen LogP contribution in [-0.4, -0.2) is 26.2 Å². The number of ether oxygens (including phenoxy) is 1. The molecule has 82 valence electrons. The lowest BCUT2D eigenvalue weighted by molar-refractivity contribution is -0.120. The Morgan fingerprint density at radius 3 is 2.67 bits per heavy atom. The van der Waals surface area contributed by atoms with Gasteiger partial charge in [0.2, 0.25) is 5.91 Å². The van der Waals surface area contributed by atoms with Gasteiger partial charge in [-0.15, -0.1) is 0 Å². The van der Waals surface area contributed by atoms with Gasteiger partial charge in [0, 0.05) is 19.3 Å². The van der Waals surface area contributed by atoms with Gasteiger partial charge in [0.1, 0.15) is 0 Å². The summed E-state index contributed by atoms with van der Waals surface area (Å²) in [6, 6.07) is 7.28. The Balaban J connectivity index is 2.34. The molecule has 3 N–H and O–H groups in total. The van der Waals surface area contributed by atoms with Crippen LogP contribution in [0.25, 0.3) is 0 Å². The molecule has 0 unspecified atom stereocenters. The molecule has 0 heterocycles. The van der Waals surface area contributed by atoms with Crippen LogP contribution in [0.1, 0.15) is 5.56 Å². The molecule has 4 heteroatoms. The van der Waals surface area contributed by atoms with Gasteiger partial charge in [-0.2, -0.15) is 0 Å². The molecule has 0 fully saturated rings. The first kappa shape index (κ1) is 11.5. The number of methoxy groups -OCH3 is 1. The zero-order chi connectivity index (χ0) is 11.1. The first-order valence-electron chi connectivity index (χ1n) is 4.82. The second-order valence-electron chi connectivity index (χ2n) is 3.26. The summed E-state index contributed by atoms with van der Waals surface area (Å²) in [5.74, 6) is -0.00294. The van der Waals surface area contributed by atoms with Gasteiger partial charge in [-0.05, 0) is 17.7 Å². The number of carbonyl (C=O) groups excluding carboxylic acids is 1. The van der Waals surface area contributed by atoms with Gasteiger partial charge < -0.3 is 15.8 Å². The van der Waals surface area contributed by atoms with Crippen LogP contribution in [0.15, 0.2) is 24.3 Å². The summed E-state index contributed by atoms with van der Waals surface area (Å²) >= 11 is 0. The molecule has 1 amide bonds. The molecule has 0 aromatic heterocycles. The predicted molar refractivity (Wildman–Crippen MR) is 59.4 cm³/mol. The van der Waals surface area contributed by atoms with Crippen molar-refractivity contribution >= 4 is 11.6 Å². The third-order valence-electron chi connectivity index (χ3n) is 1.97.